The van der Waals surface area contributed by atoms with Crippen LogP contribution in [0.4, 0.5) is 5.69 Å². The maximum absolute atomic E-state index is 12.2. The van der Waals surface area contributed by atoms with Gasteiger partial charge in [0.05, 0.1) is 24.5 Å². The van der Waals surface area contributed by atoms with Crippen LogP contribution in [0.3, 0.4) is 0 Å². The summed E-state index contributed by atoms with van der Waals surface area (Å²) in [7, 11) is 0. The Morgan fingerprint density at radius 1 is 1.19 bits per heavy atom. The molecule has 1 aromatic heterocycles. The number of nitrogens with zero attached hydrogens (tertiary/aromatic N) is 1. The molecule has 3 aromatic rings. The summed E-state index contributed by atoms with van der Waals surface area (Å²) in [6.07, 6.45) is 0.161. The topological polar surface area (TPSA) is 68.3 Å². The molecule has 0 aliphatic heterocycles. The average molecular weight is 386 g/mol. The third-order valence-corrected chi connectivity index (χ3v) is 5.59. The van der Waals surface area contributed by atoms with Crippen LogP contribution < -0.4 is 5.32 Å². The summed E-state index contributed by atoms with van der Waals surface area (Å²) in [5, 5.41) is 6.94. The molecule has 0 atom stereocenters. The van der Waals surface area contributed by atoms with Gasteiger partial charge in [-0.2, -0.15) is 0 Å². The van der Waals surface area contributed by atoms with Crippen LogP contribution in [-0.2, 0) is 20.7 Å². The number of thiazole rings is 1. The number of esters is 1. The second-order valence-electron chi connectivity index (χ2n) is 5.49. The molecule has 7 heteroatoms. The molecule has 1 heterocycles. The van der Waals surface area contributed by atoms with Crippen molar-refractivity contribution in [1.82, 2.24) is 4.98 Å². The van der Waals surface area contributed by atoms with Crippen LogP contribution in [0, 0.1) is 0 Å². The summed E-state index contributed by atoms with van der Waals surface area (Å²) in [4.78, 5) is 28.0. The van der Waals surface area contributed by atoms with Crippen LogP contribution in [0.25, 0.3) is 10.8 Å². The Labute approximate surface area is 159 Å². The van der Waals surface area contributed by atoms with Gasteiger partial charge in [-0.15, -0.1) is 11.3 Å². The van der Waals surface area contributed by atoms with Crippen molar-refractivity contribution in [2.24, 2.45) is 0 Å². The predicted molar refractivity (Wildman–Crippen MR) is 106 cm³/mol. The molecular weight excluding hydrogens is 368 g/mol. The molecule has 0 saturated carbocycles. The number of hydrogen-bond acceptors (Lipinski definition) is 6. The van der Waals surface area contributed by atoms with E-state index in [-0.39, 0.29) is 24.1 Å². The van der Waals surface area contributed by atoms with E-state index in [0.717, 1.165) is 20.8 Å². The van der Waals surface area contributed by atoms with E-state index in [9.17, 15) is 9.59 Å². The van der Waals surface area contributed by atoms with Crippen molar-refractivity contribution < 1.29 is 14.3 Å². The number of hydrogen-bond donors (Lipinski definition) is 1. The van der Waals surface area contributed by atoms with Gasteiger partial charge in [-0.1, -0.05) is 42.1 Å². The minimum Gasteiger partial charge on any atom is -0.466 e. The van der Waals surface area contributed by atoms with Gasteiger partial charge in [0.2, 0.25) is 5.91 Å². The lowest BCUT2D eigenvalue weighted by atomic mass is 10.1. The molecule has 1 amide bonds. The monoisotopic (exact) mass is 386 g/mol. The molecule has 0 aliphatic carbocycles. The number of rotatable bonds is 7. The molecular formula is C19H18N2O3S2. The first-order valence-electron chi connectivity index (χ1n) is 8.15. The number of benzene rings is 2. The number of thioether (sulfide) groups is 1. The molecule has 0 spiro atoms. The lowest BCUT2D eigenvalue weighted by Crippen LogP contribution is -2.13. The van der Waals surface area contributed by atoms with Crippen LogP contribution in [-0.4, -0.2) is 29.2 Å². The molecule has 0 bridgehead atoms. The number of carbonyl (C=O) groups excluding carboxylic acids is 2. The van der Waals surface area contributed by atoms with Crippen LogP contribution in [0.5, 0.6) is 0 Å². The van der Waals surface area contributed by atoms with Gasteiger partial charge < -0.3 is 10.1 Å². The molecule has 0 radical (unpaired) electrons. The van der Waals surface area contributed by atoms with Crippen LogP contribution >= 0.6 is 23.1 Å². The average Bonchev–Trinajstić information content (AvgIpc) is 3.07. The fourth-order valence-electron chi connectivity index (χ4n) is 2.39. The first-order chi connectivity index (χ1) is 12.6. The number of anilines is 1. The Kier molecular flexibility index (Phi) is 6.25. The van der Waals surface area contributed by atoms with Crippen molar-refractivity contribution in [3.8, 4) is 0 Å². The Morgan fingerprint density at radius 2 is 2.00 bits per heavy atom. The Bertz CT molecular complexity index is 924. The van der Waals surface area contributed by atoms with Gasteiger partial charge in [0.25, 0.3) is 0 Å². The maximum atomic E-state index is 12.2. The molecule has 0 unspecified atom stereocenters. The standard InChI is InChI=1S/C19H18N2O3S2/c1-2-24-18(23)10-16-11-25-19(21-16)26-12-17(22)20-15-8-7-13-5-3-4-6-14(13)9-15/h3-9,11H,2,10,12H2,1H3,(H,20,22). The molecule has 26 heavy (non-hydrogen) atoms. The highest BCUT2D eigenvalue weighted by Crippen LogP contribution is 2.24. The van der Waals surface area contributed by atoms with Gasteiger partial charge in [0.15, 0.2) is 4.34 Å². The number of fused-ring (bicyclic) bond motifs is 1. The highest BCUT2D eigenvalue weighted by atomic mass is 32.2. The first kappa shape index (κ1) is 18.4. The van der Waals surface area contributed by atoms with Crippen molar-refractivity contribution >= 4 is 51.4 Å². The number of amides is 1. The molecule has 2 aromatic carbocycles. The lowest BCUT2D eigenvalue weighted by molar-refractivity contribution is -0.142. The van der Waals surface area contributed by atoms with Crippen LogP contribution in [0.15, 0.2) is 52.2 Å². The quantitative estimate of drug-likeness (QED) is 0.488. The Hall–Kier alpha value is -2.38. The molecule has 5 nitrogen and oxygen atoms in total. The summed E-state index contributed by atoms with van der Waals surface area (Å²) in [6.45, 7) is 2.13. The zero-order chi connectivity index (χ0) is 18.4. The van der Waals surface area contributed by atoms with Crippen molar-refractivity contribution in [2.75, 3.05) is 17.7 Å². The van der Waals surface area contributed by atoms with Crippen molar-refractivity contribution in [1.29, 1.82) is 0 Å². The summed E-state index contributed by atoms with van der Waals surface area (Å²) in [5.41, 5.74) is 1.45. The van der Waals surface area contributed by atoms with Gasteiger partial charge in [0.1, 0.15) is 0 Å². The van der Waals surface area contributed by atoms with E-state index >= 15 is 0 Å². The smallest absolute Gasteiger partial charge is 0.311 e. The third-order valence-electron chi connectivity index (χ3n) is 3.52. The largest absolute Gasteiger partial charge is 0.466 e. The summed E-state index contributed by atoms with van der Waals surface area (Å²) in [6, 6.07) is 13.8. The molecule has 0 fully saturated rings. The summed E-state index contributed by atoms with van der Waals surface area (Å²) >= 11 is 2.78. The molecule has 134 valence electrons. The number of ether oxygens (including phenoxy) is 1. The zero-order valence-electron chi connectivity index (χ0n) is 14.2. The fraction of sp³-hybridized carbons (Fsp3) is 0.211. The van der Waals surface area contributed by atoms with Crippen LogP contribution in [0.2, 0.25) is 0 Å². The molecule has 0 aliphatic rings. The number of nitrogens with one attached hydrogen (secondary N) is 1. The summed E-state index contributed by atoms with van der Waals surface area (Å²) < 4.78 is 5.67. The fourth-order valence-corrected chi connectivity index (χ4v) is 4.03. The van der Waals surface area contributed by atoms with Crippen molar-refractivity contribution in [3.63, 3.8) is 0 Å². The highest BCUT2D eigenvalue weighted by Gasteiger charge is 2.10. The predicted octanol–water partition coefficient (Wildman–Crippen LogP) is 4.13. The van der Waals surface area contributed by atoms with E-state index in [4.69, 9.17) is 4.74 Å². The third kappa shape index (κ3) is 5.06. The van der Waals surface area contributed by atoms with E-state index < -0.39 is 0 Å². The highest BCUT2D eigenvalue weighted by molar-refractivity contribution is 8.01. The van der Waals surface area contributed by atoms with Gasteiger partial charge in [-0.3, -0.25) is 9.59 Å². The Balaban J connectivity index is 1.52. The van der Waals surface area contributed by atoms with Gasteiger partial charge >= 0.3 is 5.97 Å². The zero-order valence-corrected chi connectivity index (χ0v) is 15.9. The number of carbonyl (C=O) groups is 2. The molecule has 1 N–H and O–H groups in total. The first-order valence-corrected chi connectivity index (χ1v) is 10.0. The minimum absolute atomic E-state index is 0.0903. The maximum Gasteiger partial charge on any atom is 0.311 e. The molecule has 0 saturated heterocycles. The van der Waals surface area contributed by atoms with Gasteiger partial charge in [0, 0.05) is 11.1 Å². The normalized spacial score (nSPS) is 10.7. The second kappa shape index (κ2) is 8.82. The SMILES string of the molecule is CCOC(=O)Cc1csc(SCC(=O)Nc2ccc3ccccc3c2)n1. The Morgan fingerprint density at radius 3 is 2.81 bits per heavy atom. The molecule has 3 rings (SSSR count). The van der Waals surface area contributed by atoms with E-state index in [2.05, 4.69) is 10.3 Å². The van der Waals surface area contributed by atoms with E-state index in [1.54, 1.807) is 6.92 Å². The van der Waals surface area contributed by atoms with Crippen LogP contribution in [0.1, 0.15) is 12.6 Å². The number of aromatic nitrogens is 1. The van der Waals surface area contributed by atoms with Gasteiger partial charge in [-0.05, 0) is 29.8 Å². The van der Waals surface area contributed by atoms with Crippen molar-refractivity contribution in [3.05, 3.63) is 53.5 Å². The summed E-state index contributed by atoms with van der Waals surface area (Å²) in [5.74, 6) is -0.116. The minimum atomic E-state index is -0.289. The van der Waals surface area contributed by atoms with E-state index in [1.807, 2.05) is 47.8 Å². The van der Waals surface area contributed by atoms with E-state index in [0.29, 0.717) is 12.3 Å². The van der Waals surface area contributed by atoms with Gasteiger partial charge in [-0.25, -0.2) is 4.98 Å². The van der Waals surface area contributed by atoms with E-state index in [1.165, 1.54) is 23.1 Å². The second-order valence-corrected chi connectivity index (χ2v) is 7.57. The van der Waals surface area contributed by atoms with Crippen molar-refractivity contribution in [2.45, 2.75) is 17.7 Å². The lowest BCUT2D eigenvalue weighted by Gasteiger charge is -2.06.